The van der Waals surface area contributed by atoms with E-state index in [0.29, 0.717) is 34.5 Å². The van der Waals surface area contributed by atoms with Gasteiger partial charge >= 0.3 is 0 Å². The van der Waals surface area contributed by atoms with E-state index in [-0.39, 0.29) is 11.9 Å². The van der Waals surface area contributed by atoms with Gasteiger partial charge in [0.25, 0.3) is 5.91 Å². The third kappa shape index (κ3) is 4.72. The molecule has 0 bridgehead atoms. The number of carbonyl (C=O) groups excluding carboxylic acids is 1. The topological polar surface area (TPSA) is 38.1 Å². The van der Waals surface area contributed by atoms with Gasteiger partial charge in [-0.05, 0) is 49.7 Å². The van der Waals surface area contributed by atoms with Gasteiger partial charge in [0.15, 0.2) is 0 Å². The molecule has 0 aliphatic heterocycles. The molecule has 28 heavy (non-hydrogen) atoms. The first kappa shape index (κ1) is 20.4. The first-order chi connectivity index (χ1) is 13.3. The Hall–Kier alpha value is -2.37. The Balaban J connectivity index is 1.83. The standard InChI is InChI=1S/C21H20Cl2FN3O/c1-14(2)27(21(28)15-4-3-5-18(24)10-15)13-20-25-8-9-26(20)12-16-6-7-17(22)11-19(16)23/h3-11,14H,12-13H2,1-2H3. The van der Waals surface area contributed by atoms with Crippen LogP contribution < -0.4 is 0 Å². The van der Waals surface area contributed by atoms with Crippen LogP contribution in [0.4, 0.5) is 4.39 Å². The van der Waals surface area contributed by atoms with Crippen molar-refractivity contribution < 1.29 is 9.18 Å². The monoisotopic (exact) mass is 419 g/mol. The molecule has 3 rings (SSSR count). The van der Waals surface area contributed by atoms with Crippen molar-refractivity contribution in [1.29, 1.82) is 0 Å². The SMILES string of the molecule is CC(C)N(Cc1nccn1Cc1ccc(Cl)cc1Cl)C(=O)c1cccc(F)c1. The quantitative estimate of drug-likeness (QED) is 0.534. The molecular weight excluding hydrogens is 400 g/mol. The van der Waals surface area contributed by atoms with Crippen molar-refractivity contribution in [3.63, 3.8) is 0 Å². The number of imidazole rings is 1. The predicted molar refractivity (Wildman–Crippen MR) is 109 cm³/mol. The highest BCUT2D eigenvalue weighted by atomic mass is 35.5. The van der Waals surface area contributed by atoms with E-state index in [1.165, 1.54) is 18.2 Å². The second-order valence-corrected chi connectivity index (χ2v) is 7.59. The number of benzene rings is 2. The number of nitrogens with zero attached hydrogens (tertiary/aromatic N) is 3. The van der Waals surface area contributed by atoms with Crippen molar-refractivity contribution >= 4 is 29.1 Å². The van der Waals surface area contributed by atoms with E-state index in [4.69, 9.17) is 23.2 Å². The summed E-state index contributed by atoms with van der Waals surface area (Å²) in [5, 5.41) is 1.15. The van der Waals surface area contributed by atoms with Gasteiger partial charge in [-0.1, -0.05) is 35.3 Å². The van der Waals surface area contributed by atoms with Crippen molar-refractivity contribution in [2.45, 2.75) is 33.0 Å². The van der Waals surface area contributed by atoms with Crippen LogP contribution >= 0.6 is 23.2 Å². The molecule has 0 radical (unpaired) electrons. The number of halogens is 3. The van der Waals surface area contributed by atoms with Gasteiger partial charge in [-0.25, -0.2) is 9.37 Å². The van der Waals surface area contributed by atoms with Crippen LogP contribution in [0, 0.1) is 5.82 Å². The molecular formula is C21H20Cl2FN3O. The van der Waals surface area contributed by atoms with Crippen molar-refractivity contribution in [3.8, 4) is 0 Å². The molecule has 0 N–H and O–H groups in total. The Morgan fingerprint density at radius 3 is 2.68 bits per heavy atom. The normalized spacial score (nSPS) is 11.1. The summed E-state index contributed by atoms with van der Waals surface area (Å²) < 4.78 is 15.5. The van der Waals surface area contributed by atoms with E-state index >= 15 is 0 Å². The second kappa shape index (κ2) is 8.76. The lowest BCUT2D eigenvalue weighted by Crippen LogP contribution is -2.37. The number of amides is 1. The lowest BCUT2D eigenvalue weighted by atomic mass is 10.1. The minimum atomic E-state index is -0.437. The summed E-state index contributed by atoms with van der Waals surface area (Å²) in [6.07, 6.45) is 3.52. The molecule has 2 aromatic carbocycles. The van der Waals surface area contributed by atoms with E-state index in [9.17, 15) is 9.18 Å². The van der Waals surface area contributed by atoms with Gasteiger partial charge in [-0.3, -0.25) is 4.79 Å². The molecule has 0 saturated carbocycles. The average molecular weight is 420 g/mol. The van der Waals surface area contributed by atoms with Gasteiger partial charge in [0, 0.05) is 34.0 Å². The molecule has 3 aromatic rings. The van der Waals surface area contributed by atoms with Crippen LogP contribution in [0.25, 0.3) is 0 Å². The summed E-state index contributed by atoms with van der Waals surface area (Å²) in [6, 6.07) is 11.0. The van der Waals surface area contributed by atoms with Crippen molar-refractivity contribution in [2.24, 2.45) is 0 Å². The smallest absolute Gasteiger partial charge is 0.254 e. The van der Waals surface area contributed by atoms with E-state index < -0.39 is 5.82 Å². The molecule has 0 aliphatic carbocycles. The summed E-state index contributed by atoms with van der Waals surface area (Å²) in [7, 11) is 0. The number of hydrogen-bond donors (Lipinski definition) is 0. The van der Waals surface area contributed by atoms with E-state index in [1.54, 1.807) is 29.3 Å². The lowest BCUT2D eigenvalue weighted by Gasteiger charge is -2.27. The largest absolute Gasteiger partial charge is 0.329 e. The minimum absolute atomic E-state index is 0.0833. The Morgan fingerprint density at radius 1 is 1.21 bits per heavy atom. The van der Waals surface area contributed by atoms with Crippen LogP contribution in [-0.2, 0) is 13.1 Å². The number of hydrogen-bond acceptors (Lipinski definition) is 2. The van der Waals surface area contributed by atoms with Crippen LogP contribution in [0.3, 0.4) is 0 Å². The molecule has 1 aromatic heterocycles. The summed E-state index contributed by atoms with van der Waals surface area (Å²) in [6.45, 7) is 4.64. The molecule has 4 nitrogen and oxygen atoms in total. The molecule has 0 fully saturated rings. The van der Waals surface area contributed by atoms with Gasteiger partial charge < -0.3 is 9.47 Å². The summed E-state index contributed by atoms with van der Waals surface area (Å²) in [5.74, 6) is 0.0338. The maximum absolute atomic E-state index is 13.5. The van der Waals surface area contributed by atoms with E-state index in [1.807, 2.05) is 30.7 Å². The van der Waals surface area contributed by atoms with E-state index in [2.05, 4.69) is 4.98 Å². The lowest BCUT2D eigenvalue weighted by molar-refractivity contribution is 0.0682. The first-order valence-electron chi connectivity index (χ1n) is 8.85. The number of aromatic nitrogens is 2. The average Bonchev–Trinajstić information content (AvgIpc) is 3.08. The van der Waals surface area contributed by atoms with Crippen molar-refractivity contribution in [2.75, 3.05) is 0 Å². The minimum Gasteiger partial charge on any atom is -0.329 e. The van der Waals surface area contributed by atoms with Gasteiger partial charge in [-0.15, -0.1) is 0 Å². The summed E-state index contributed by atoms with van der Waals surface area (Å²) in [4.78, 5) is 19.0. The molecule has 0 aliphatic rings. The zero-order chi connectivity index (χ0) is 20.3. The fourth-order valence-corrected chi connectivity index (χ4v) is 3.37. The van der Waals surface area contributed by atoms with Crippen LogP contribution in [-0.4, -0.2) is 26.4 Å². The van der Waals surface area contributed by atoms with Crippen LogP contribution in [0.1, 0.15) is 35.6 Å². The number of carbonyl (C=O) groups is 1. The fraction of sp³-hybridized carbons (Fsp3) is 0.238. The molecule has 7 heteroatoms. The van der Waals surface area contributed by atoms with Crippen LogP contribution in [0.5, 0.6) is 0 Å². The van der Waals surface area contributed by atoms with Crippen molar-refractivity contribution in [1.82, 2.24) is 14.5 Å². The van der Waals surface area contributed by atoms with Crippen molar-refractivity contribution in [3.05, 3.63) is 87.7 Å². The molecule has 1 heterocycles. The Labute approximate surface area is 173 Å². The molecule has 0 atom stereocenters. The maximum Gasteiger partial charge on any atom is 0.254 e. The third-order valence-electron chi connectivity index (χ3n) is 4.43. The highest BCUT2D eigenvalue weighted by Crippen LogP contribution is 2.22. The molecule has 146 valence electrons. The highest BCUT2D eigenvalue weighted by molar-refractivity contribution is 6.35. The predicted octanol–water partition coefficient (Wildman–Crippen LogP) is 5.43. The van der Waals surface area contributed by atoms with E-state index in [0.717, 1.165) is 5.56 Å². The second-order valence-electron chi connectivity index (χ2n) is 6.74. The summed E-state index contributed by atoms with van der Waals surface area (Å²) >= 11 is 12.2. The molecule has 0 unspecified atom stereocenters. The molecule has 0 spiro atoms. The highest BCUT2D eigenvalue weighted by Gasteiger charge is 2.21. The zero-order valence-electron chi connectivity index (χ0n) is 15.6. The van der Waals surface area contributed by atoms with Crippen LogP contribution in [0.2, 0.25) is 10.0 Å². The van der Waals surface area contributed by atoms with Gasteiger partial charge in [0.1, 0.15) is 11.6 Å². The van der Waals surface area contributed by atoms with Gasteiger partial charge in [0.05, 0.1) is 13.1 Å². The number of rotatable bonds is 6. The van der Waals surface area contributed by atoms with Gasteiger partial charge in [0.2, 0.25) is 0 Å². The first-order valence-corrected chi connectivity index (χ1v) is 9.61. The van der Waals surface area contributed by atoms with Crippen LogP contribution in [0.15, 0.2) is 54.9 Å². The third-order valence-corrected chi connectivity index (χ3v) is 5.01. The Morgan fingerprint density at radius 2 is 2.00 bits per heavy atom. The molecule has 0 saturated heterocycles. The van der Waals surface area contributed by atoms with Gasteiger partial charge in [-0.2, -0.15) is 0 Å². The zero-order valence-corrected chi connectivity index (χ0v) is 17.1. The summed E-state index contributed by atoms with van der Waals surface area (Å²) in [5.41, 5.74) is 1.21. The Kier molecular flexibility index (Phi) is 6.37. The fourth-order valence-electron chi connectivity index (χ4n) is 2.90. The maximum atomic E-state index is 13.5. The molecule has 1 amide bonds. The Bertz CT molecular complexity index is 987.